The molecule has 1 fully saturated rings. The number of nitrogens with one attached hydrogen (secondary N) is 1. The lowest BCUT2D eigenvalue weighted by molar-refractivity contribution is -0.123. The number of anilines is 1. The van der Waals surface area contributed by atoms with Gasteiger partial charge in [0.1, 0.15) is 0 Å². The molecule has 0 spiro atoms. The van der Waals surface area contributed by atoms with Crippen molar-refractivity contribution in [3.05, 3.63) is 59.7 Å². The molecule has 3 amide bonds. The van der Waals surface area contributed by atoms with Crippen molar-refractivity contribution in [2.24, 2.45) is 11.7 Å². The molecule has 0 saturated carbocycles. The van der Waals surface area contributed by atoms with Gasteiger partial charge in [0.2, 0.25) is 11.8 Å². The quantitative estimate of drug-likeness (QED) is 0.503. The fourth-order valence-corrected chi connectivity index (χ4v) is 3.89. The smallest absolute Gasteiger partial charge is 0.255 e. The van der Waals surface area contributed by atoms with Crippen molar-refractivity contribution < 1.29 is 23.9 Å². The standard InChI is InChI=1S/C27H33N3O5/c1-3-17-35-23-11-9-19(18-24(23)34-4-2)10-12-25(31)29-22-8-6-5-7-21(22)27(33)30-15-13-20(14-16-30)26(28)32/h5-12,18,20H,3-4,13-17H2,1-2H3,(H2,28,32)(H,29,31). The average molecular weight is 480 g/mol. The summed E-state index contributed by atoms with van der Waals surface area (Å²) in [6.45, 7) is 5.94. The number of rotatable bonds is 10. The third-order valence-corrected chi connectivity index (χ3v) is 5.76. The Kier molecular flexibility index (Phi) is 9.29. The zero-order chi connectivity index (χ0) is 25.2. The van der Waals surface area contributed by atoms with Gasteiger partial charge >= 0.3 is 0 Å². The normalized spacial score (nSPS) is 14.1. The summed E-state index contributed by atoms with van der Waals surface area (Å²) in [6.07, 6.45) is 5.08. The fraction of sp³-hybridized carbons (Fsp3) is 0.370. The number of nitrogens with zero attached hydrogens (tertiary/aromatic N) is 1. The van der Waals surface area contributed by atoms with E-state index in [1.54, 1.807) is 35.2 Å². The van der Waals surface area contributed by atoms with Crippen LogP contribution in [0.15, 0.2) is 48.5 Å². The highest BCUT2D eigenvalue weighted by atomic mass is 16.5. The van der Waals surface area contributed by atoms with Crippen LogP contribution in [0.4, 0.5) is 5.69 Å². The van der Waals surface area contributed by atoms with E-state index >= 15 is 0 Å². The largest absolute Gasteiger partial charge is 0.490 e. The van der Waals surface area contributed by atoms with Gasteiger partial charge in [-0.05, 0) is 62.1 Å². The number of nitrogens with two attached hydrogens (primary N) is 1. The Morgan fingerprint density at radius 2 is 1.80 bits per heavy atom. The second kappa shape index (κ2) is 12.6. The van der Waals surface area contributed by atoms with Crippen LogP contribution in [0.25, 0.3) is 6.08 Å². The Hall–Kier alpha value is -3.81. The summed E-state index contributed by atoms with van der Waals surface area (Å²) < 4.78 is 11.4. The summed E-state index contributed by atoms with van der Waals surface area (Å²) in [5.41, 5.74) is 7.01. The Morgan fingerprint density at radius 1 is 1.06 bits per heavy atom. The molecule has 1 heterocycles. The number of hydrogen-bond donors (Lipinski definition) is 2. The first-order valence-electron chi connectivity index (χ1n) is 12.0. The van der Waals surface area contributed by atoms with E-state index in [9.17, 15) is 14.4 Å². The van der Waals surface area contributed by atoms with Crippen LogP contribution in [-0.2, 0) is 9.59 Å². The Morgan fingerprint density at radius 3 is 2.49 bits per heavy atom. The summed E-state index contributed by atoms with van der Waals surface area (Å²) in [6, 6.07) is 12.4. The number of carbonyl (C=O) groups excluding carboxylic acids is 3. The van der Waals surface area contributed by atoms with Gasteiger partial charge in [-0.2, -0.15) is 0 Å². The Labute approximate surface area is 206 Å². The maximum Gasteiger partial charge on any atom is 0.255 e. The van der Waals surface area contributed by atoms with Crippen molar-refractivity contribution in [2.45, 2.75) is 33.1 Å². The summed E-state index contributed by atoms with van der Waals surface area (Å²) in [5.74, 6) is 0.226. The van der Waals surface area contributed by atoms with Gasteiger partial charge in [-0.3, -0.25) is 14.4 Å². The summed E-state index contributed by atoms with van der Waals surface area (Å²) in [4.78, 5) is 38.8. The number of piperidine rings is 1. The molecule has 0 radical (unpaired) electrons. The van der Waals surface area contributed by atoms with Gasteiger partial charge < -0.3 is 25.4 Å². The van der Waals surface area contributed by atoms with Crippen LogP contribution in [0.5, 0.6) is 11.5 Å². The van der Waals surface area contributed by atoms with Crippen molar-refractivity contribution >= 4 is 29.5 Å². The minimum Gasteiger partial charge on any atom is -0.490 e. The predicted molar refractivity (Wildman–Crippen MR) is 135 cm³/mol. The third-order valence-electron chi connectivity index (χ3n) is 5.76. The first kappa shape index (κ1) is 25.8. The van der Waals surface area contributed by atoms with Crippen molar-refractivity contribution in [1.82, 2.24) is 4.90 Å². The zero-order valence-corrected chi connectivity index (χ0v) is 20.3. The Bertz CT molecular complexity index is 1070. The molecule has 8 heteroatoms. The van der Waals surface area contributed by atoms with E-state index in [1.165, 1.54) is 6.08 Å². The van der Waals surface area contributed by atoms with Gasteiger partial charge in [0.25, 0.3) is 5.91 Å². The van der Waals surface area contributed by atoms with Gasteiger partial charge in [-0.1, -0.05) is 25.1 Å². The fourth-order valence-electron chi connectivity index (χ4n) is 3.89. The topological polar surface area (TPSA) is 111 Å². The van der Waals surface area contributed by atoms with Crippen molar-refractivity contribution in [1.29, 1.82) is 0 Å². The number of amides is 3. The van der Waals surface area contributed by atoms with Crippen LogP contribution in [0.3, 0.4) is 0 Å². The van der Waals surface area contributed by atoms with E-state index in [-0.39, 0.29) is 23.6 Å². The molecular formula is C27H33N3O5. The maximum absolute atomic E-state index is 13.1. The highest BCUT2D eigenvalue weighted by molar-refractivity contribution is 6.07. The van der Waals surface area contributed by atoms with Crippen LogP contribution < -0.4 is 20.5 Å². The summed E-state index contributed by atoms with van der Waals surface area (Å²) in [7, 11) is 0. The molecule has 0 atom stereocenters. The molecular weight excluding hydrogens is 446 g/mol. The van der Waals surface area contributed by atoms with E-state index in [0.29, 0.717) is 61.9 Å². The lowest BCUT2D eigenvalue weighted by Crippen LogP contribution is -2.42. The minimum atomic E-state index is -0.359. The molecule has 186 valence electrons. The molecule has 0 aromatic heterocycles. The first-order chi connectivity index (χ1) is 16.9. The minimum absolute atomic E-state index is 0.183. The van der Waals surface area contributed by atoms with E-state index in [2.05, 4.69) is 5.32 Å². The van der Waals surface area contributed by atoms with Gasteiger partial charge in [0, 0.05) is 25.1 Å². The van der Waals surface area contributed by atoms with Crippen LogP contribution >= 0.6 is 0 Å². The zero-order valence-electron chi connectivity index (χ0n) is 20.3. The van der Waals surface area contributed by atoms with Crippen molar-refractivity contribution in [3.63, 3.8) is 0 Å². The van der Waals surface area contributed by atoms with Gasteiger partial charge in [-0.25, -0.2) is 0 Å². The predicted octanol–water partition coefficient (Wildman–Crippen LogP) is 3.86. The van der Waals surface area contributed by atoms with E-state index in [1.807, 2.05) is 32.0 Å². The highest BCUT2D eigenvalue weighted by Gasteiger charge is 2.27. The number of para-hydroxylation sites is 1. The number of ether oxygens (including phenoxy) is 2. The summed E-state index contributed by atoms with van der Waals surface area (Å²) >= 11 is 0. The molecule has 0 unspecified atom stereocenters. The second-order valence-corrected chi connectivity index (χ2v) is 8.32. The van der Waals surface area contributed by atoms with E-state index in [4.69, 9.17) is 15.2 Å². The van der Waals surface area contributed by atoms with Gasteiger partial charge in [0.05, 0.1) is 24.5 Å². The number of benzene rings is 2. The highest BCUT2D eigenvalue weighted by Crippen LogP contribution is 2.29. The average Bonchev–Trinajstić information content (AvgIpc) is 2.87. The van der Waals surface area contributed by atoms with Crippen LogP contribution in [0, 0.1) is 5.92 Å². The third kappa shape index (κ3) is 7.09. The molecule has 3 rings (SSSR count). The number of hydrogen-bond acceptors (Lipinski definition) is 5. The SMILES string of the molecule is CCCOc1ccc(C=CC(=O)Nc2ccccc2C(=O)N2CCC(C(N)=O)CC2)cc1OCC. The molecule has 1 aliphatic rings. The molecule has 0 aliphatic carbocycles. The lowest BCUT2D eigenvalue weighted by atomic mass is 9.95. The van der Waals surface area contributed by atoms with Crippen molar-refractivity contribution in [3.8, 4) is 11.5 Å². The molecule has 35 heavy (non-hydrogen) atoms. The van der Waals surface area contributed by atoms with Gasteiger partial charge in [0.15, 0.2) is 11.5 Å². The van der Waals surface area contributed by atoms with Crippen LogP contribution in [0.1, 0.15) is 49.0 Å². The summed E-state index contributed by atoms with van der Waals surface area (Å²) in [5, 5.41) is 2.80. The lowest BCUT2D eigenvalue weighted by Gasteiger charge is -2.31. The van der Waals surface area contributed by atoms with Crippen LogP contribution in [0.2, 0.25) is 0 Å². The number of carbonyl (C=O) groups is 3. The monoisotopic (exact) mass is 479 g/mol. The Balaban J connectivity index is 1.67. The van der Waals surface area contributed by atoms with Gasteiger partial charge in [-0.15, -0.1) is 0 Å². The molecule has 1 saturated heterocycles. The van der Waals surface area contributed by atoms with Crippen molar-refractivity contribution in [2.75, 3.05) is 31.6 Å². The second-order valence-electron chi connectivity index (χ2n) is 8.32. The number of primary amides is 1. The van der Waals surface area contributed by atoms with E-state index < -0.39 is 0 Å². The van der Waals surface area contributed by atoms with Crippen LogP contribution in [-0.4, -0.2) is 48.9 Å². The number of likely N-dealkylation sites (tertiary alicyclic amines) is 1. The molecule has 8 nitrogen and oxygen atoms in total. The first-order valence-corrected chi connectivity index (χ1v) is 12.0. The molecule has 3 N–H and O–H groups in total. The molecule has 0 bridgehead atoms. The molecule has 2 aromatic carbocycles. The molecule has 1 aliphatic heterocycles. The maximum atomic E-state index is 13.1. The molecule has 2 aromatic rings. The van der Waals surface area contributed by atoms with E-state index in [0.717, 1.165) is 12.0 Å².